The smallest absolute Gasteiger partial charge is 0.317 e. The van der Waals surface area contributed by atoms with Crippen molar-refractivity contribution in [2.75, 3.05) is 20.1 Å². The van der Waals surface area contributed by atoms with Gasteiger partial charge in [0.25, 0.3) is 0 Å². The molecule has 0 aromatic rings. The second kappa shape index (κ2) is 9.64. The SMILES string of the molecule is CCCC(C)(C)C.CCCN(C)CC(=O)O. The number of hydrogen-bond donors (Lipinski definition) is 1. The van der Waals surface area contributed by atoms with Crippen LogP contribution in [0.5, 0.6) is 0 Å². The fraction of sp³-hybridized carbons (Fsp3) is 0.923. The predicted molar refractivity (Wildman–Crippen MR) is 69.8 cm³/mol. The lowest BCUT2D eigenvalue weighted by Crippen LogP contribution is -2.26. The molecule has 0 rings (SSSR count). The van der Waals surface area contributed by atoms with Crippen molar-refractivity contribution in [3.8, 4) is 0 Å². The molecule has 0 atom stereocenters. The molecule has 0 heterocycles. The van der Waals surface area contributed by atoms with Crippen molar-refractivity contribution in [3.63, 3.8) is 0 Å². The van der Waals surface area contributed by atoms with Crippen molar-refractivity contribution in [1.82, 2.24) is 4.90 Å². The molecule has 0 radical (unpaired) electrons. The Morgan fingerprint density at radius 1 is 1.19 bits per heavy atom. The van der Waals surface area contributed by atoms with Gasteiger partial charge in [-0.1, -0.05) is 41.0 Å². The summed E-state index contributed by atoms with van der Waals surface area (Å²) in [6.45, 7) is 12.1. The lowest BCUT2D eigenvalue weighted by molar-refractivity contribution is -0.137. The molecule has 0 aliphatic heterocycles. The third-order valence-electron chi connectivity index (χ3n) is 2.01. The second-order valence-electron chi connectivity index (χ2n) is 5.44. The molecular weight excluding hydrogens is 202 g/mol. The Kier molecular flexibility index (Phi) is 10.7. The van der Waals surface area contributed by atoms with Gasteiger partial charge in [-0.2, -0.15) is 0 Å². The van der Waals surface area contributed by atoms with Gasteiger partial charge in [-0.25, -0.2) is 0 Å². The molecule has 0 aromatic heterocycles. The highest BCUT2D eigenvalue weighted by molar-refractivity contribution is 5.68. The molecule has 0 saturated carbocycles. The van der Waals surface area contributed by atoms with E-state index in [1.807, 2.05) is 6.92 Å². The topological polar surface area (TPSA) is 40.5 Å². The molecule has 0 fully saturated rings. The van der Waals surface area contributed by atoms with Crippen molar-refractivity contribution in [2.24, 2.45) is 5.41 Å². The Balaban J connectivity index is 0. The van der Waals surface area contributed by atoms with Crippen LogP contribution < -0.4 is 0 Å². The van der Waals surface area contributed by atoms with Gasteiger partial charge in [0.05, 0.1) is 6.54 Å². The molecule has 0 bridgehead atoms. The number of nitrogens with zero attached hydrogens (tertiary/aromatic N) is 1. The third kappa shape index (κ3) is 19.1. The van der Waals surface area contributed by atoms with Crippen molar-refractivity contribution in [1.29, 1.82) is 0 Å². The second-order valence-corrected chi connectivity index (χ2v) is 5.44. The van der Waals surface area contributed by atoms with E-state index in [4.69, 9.17) is 5.11 Å². The molecule has 0 aromatic carbocycles. The first-order chi connectivity index (χ1) is 7.22. The lowest BCUT2D eigenvalue weighted by atomic mass is 9.91. The van der Waals surface area contributed by atoms with Gasteiger partial charge < -0.3 is 5.11 Å². The van der Waals surface area contributed by atoms with Gasteiger partial charge in [-0.05, 0) is 31.8 Å². The highest BCUT2D eigenvalue weighted by Crippen LogP contribution is 2.19. The predicted octanol–water partition coefficient (Wildman–Crippen LogP) is 3.25. The van der Waals surface area contributed by atoms with Crippen molar-refractivity contribution in [3.05, 3.63) is 0 Å². The summed E-state index contributed by atoms with van der Waals surface area (Å²) in [4.78, 5) is 11.8. The number of hydrogen-bond acceptors (Lipinski definition) is 2. The quantitative estimate of drug-likeness (QED) is 0.789. The summed E-state index contributed by atoms with van der Waals surface area (Å²) < 4.78 is 0. The molecule has 0 saturated heterocycles. The Morgan fingerprint density at radius 3 is 1.88 bits per heavy atom. The molecule has 3 nitrogen and oxygen atoms in total. The highest BCUT2D eigenvalue weighted by atomic mass is 16.4. The average Bonchev–Trinajstić information content (AvgIpc) is 2.01. The Bertz CT molecular complexity index is 173. The summed E-state index contributed by atoms with van der Waals surface area (Å²) in [5, 5.41) is 8.27. The molecule has 0 aliphatic rings. The standard InChI is InChI=1S/C7H16.C6H13NO2/c1-5-6-7(2,3)4;1-3-4-7(2)5-6(8)9/h5-6H2,1-4H3;3-5H2,1-2H3,(H,8,9). The molecule has 1 N–H and O–H groups in total. The summed E-state index contributed by atoms with van der Waals surface area (Å²) in [6, 6.07) is 0. The number of carbonyl (C=O) groups is 1. The van der Waals surface area contributed by atoms with Gasteiger partial charge >= 0.3 is 5.97 Å². The van der Waals surface area contributed by atoms with Crippen LogP contribution in [0, 0.1) is 5.41 Å². The number of likely N-dealkylation sites (N-methyl/N-ethyl adjacent to an activating group) is 1. The van der Waals surface area contributed by atoms with Crippen LogP contribution in [0.3, 0.4) is 0 Å². The van der Waals surface area contributed by atoms with Gasteiger partial charge in [-0.15, -0.1) is 0 Å². The first-order valence-electron chi connectivity index (χ1n) is 6.13. The molecule has 0 aliphatic carbocycles. The summed E-state index contributed by atoms with van der Waals surface area (Å²) in [5.41, 5.74) is 0.550. The highest BCUT2D eigenvalue weighted by Gasteiger charge is 2.06. The maximum absolute atomic E-state index is 10.0. The Hall–Kier alpha value is -0.570. The number of rotatable bonds is 5. The van der Waals surface area contributed by atoms with Gasteiger partial charge in [0, 0.05) is 0 Å². The maximum Gasteiger partial charge on any atom is 0.317 e. The summed E-state index contributed by atoms with van der Waals surface area (Å²) in [6.07, 6.45) is 3.65. The molecule has 0 amide bonds. The molecular formula is C13H29NO2. The normalized spacial score (nSPS) is 10.9. The zero-order chi connectivity index (χ0) is 13.2. The summed E-state index contributed by atoms with van der Waals surface area (Å²) in [7, 11) is 1.80. The van der Waals surface area contributed by atoms with E-state index in [0.29, 0.717) is 5.41 Å². The minimum Gasteiger partial charge on any atom is -0.480 e. The van der Waals surface area contributed by atoms with E-state index in [9.17, 15) is 4.79 Å². The largest absolute Gasteiger partial charge is 0.480 e. The van der Waals surface area contributed by atoms with E-state index in [2.05, 4.69) is 27.7 Å². The van der Waals surface area contributed by atoms with E-state index in [1.165, 1.54) is 12.8 Å². The summed E-state index contributed by atoms with van der Waals surface area (Å²) >= 11 is 0. The van der Waals surface area contributed by atoms with Gasteiger partial charge in [0.15, 0.2) is 0 Å². The van der Waals surface area contributed by atoms with Crippen LogP contribution in [0.4, 0.5) is 0 Å². The zero-order valence-corrected chi connectivity index (χ0v) is 11.8. The average molecular weight is 231 g/mol. The Labute approximate surface area is 101 Å². The molecule has 16 heavy (non-hydrogen) atoms. The molecule has 0 unspecified atom stereocenters. The van der Waals surface area contributed by atoms with Gasteiger partial charge in [0.2, 0.25) is 0 Å². The van der Waals surface area contributed by atoms with E-state index in [1.54, 1.807) is 11.9 Å². The van der Waals surface area contributed by atoms with E-state index in [0.717, 1.165) is 13.0 Å². The first-order valence-corrected chi connectivity index (χ1v) is 6.13. The van der Waals surface area contributed by atoms with E-state index in [-0.39, 0.29) is 6.54 Å². The van der Waals surface area contributed by atoms with Gasteiger partial charge in [-0.3, -0.25) is 9.69 Å². The lowest BCUT2D eigenvalue weighted by Gasteiger charge is -2.15. The van der Waals surface area contributed by atoms with Crippen LogP contribution in [0.1, 0.15) is 53.9 Å². The van der Waals surface area contributed by atoms with Crippen LogP contribution in [0.15, 0.2) is 0 Å². The van der Waals surface area contributed by atoms with Gasteiger partial charge in [0.1, 0.15) is 0 Å². The van der Waals surface area contributed by atoms with Crippen LogP contribution in [-0.2, 0) is 4.79 Å². The zero-order valence-electron chi connectivity index (χ0n) is 11.8. The van der Waals surface area contributed by atoms with Crippen LogP contribution in [0.2, 0.25) is 0 Å². The van der Waals surface area contributed by atoms with E-state index >= 15 is 0 Å². The minimum atomic E-state index is -0.758. The fourth-order valence-corrected chi connectivity index (χ4v) is 1.44. The maximum atomic E-state index is 10.0. The van der Waals surface area contributed by atoms with Crippen LogP contribution >= 0.6 is 0 Å². The van der Waals surface area contributed by atoms with Crippen molar-refractivity contribution >= 4 is 5.97 Å². The Morgan fingerprint density at radius 2 is 1.69 bits per heavy atom. The third-order valence-corrected chi connectivity index (χ3v) is 2.01. The minimum absolute atomic E-state index is 0.147. The van der Waals surface area contributed by atoms with Crippen LogP contribution in [-0.4, -0.2) is 36.1 Å². The van der Waals surface area contributed by atoms with Crippen molar-refractivity contribution < 1.29 is 9.90 Å². The van der Waals surface area contributed by atoms with E-state index < -0.39 is 5.97 Å². The number of aliphatic carboxylic acids is 1. The molecule has 0 spiro atoms. The molecule has 3 heteroatoms. The molecule has 98 valence electrons. The number of carboxylic acid groups (broad SMARTS) is 1. The summed E-state index contributed by atoms with van der Waals surface area (Å²) in [5.74, 6) is -0.758. The van der Waals surface area contributed by atoms with Crippen LogP contribution in [0.25, 0.3) is 0 Å². The van der Waals surface area contributed by atoms with Crippen molar-refractivity contribution in [2.45, 2.75) is 53.9 Å². The number of carboxylic acids is 1. The monoisotopic (exact) mass is 231 g/mol. The first kappa shape index (κ1) is 17.8. The fourth-order valence-electron chi connectivity index (χ4n) is 1.44.